The molecule has 1 heterocycles. The average molecular weight is 319 g/mol. The van der Waals surface area contributed by atoms with Gasteiger partial charge in [0.25, 0.3) is 0 Å². The Labute approximate surface area is 105 Å². The van der Waals surface area contributed by atoms with Gasteiger partial charge in [-0.15, -0.1) is 34.0 Å². The SMILES string of the molecule is Br.Br.CC1CCN(C)C1.CCCC. The van der Waals surface area contributed by atoms with Crippen LogP contribution in [0, 0.1) is 5.92 Å². The van der Waals surface area contributed by atoms with E-state index >= 15 is 0 Å². The first-order chi connectivity index (χ1) is 5.20. The third kappa shape index (κ3) is 12.9. The summed E-state index contributed by atoms with van der Waals surface area (Å²) in [5.74, 6) is 0.949. The molecule has 1 nitrogen and oxygen atoms in total. The standard InChI is InChI=1S/C6H13N.C4H10.2BrH/c1-6-3-4-7(2)5-6;1-3-4-2;;/h6H,3-5H2,1-2H3;3-4H2,1-2H3;2*1H. The summed E-state index contributed by atoms with van der Waals surface area (Å²) in [5.41, 5.74) is 0. The lowest BCUT2D eigenvalue weighted by Crippen LogP contribution is -2.12. The molecule has 1 aliphatic heterocycles. The van der Waals surface area contributed by atoms with Gasteiger partial charge in [-0.25, -0.2) is 0 Å². The molecule has 0 N–H and O–H groups in total. The normalized spacial score (nSPS) is 20.8. The molecule has 0 bridgehead atoms. The molecular weight excluding hydrogens is 294 g/mol. The first-order valence-corrected chi connectivity index (χ1v) is 4.89. The Balaban J connectivity index is -0.000000150. The molecule has 13 heavy (non-hydrogen) atoms. The van der Waals surface area contributed by atoms with Crippen molar-refractivity contribution in [3.8, 4) is 0 Å². The summed E-state index contributed by atoms with van der Waals surface area (Å²) in [6.45, 7) is 9.28. The molecule has 1 aliphatic rings. The number of hydrogen-bond donors (Lipinski definition) is 0. The van der Waals surface area contributed by atoms with E-state index in [2.05, 4.69) is 32.7 Å². The van der Waals surface area contributed by atoms with Crippen LogP contribution in [0.4, 0.5) is 0 Å². The van der Waals surface area contributed by atoms with E-state index < -0.39 is 0 Å². The highest BCUT2D eigenvalue weighted by molar-refractivity contribution is 8.93. The van der Waals surface area contributed by atoms with Crippen molar-refractivity contribution in [2.75, 3.05) is 20.1 Å². The molecular formula is C10H25Br2N. The Morgan fingerprint density at radius 3 is 1.69 bits per heavy atom. The zero-order valence-electron chi connectivity index (χ0n) is 9.38. The summed E-state index contributed by atoms with van der Waals surface area (Å²) >= 11 is 0. The lowest BCUT2D eigenvalue weighted by molar-refractivity contribution is 0.402. The third-order valence-electron chi connectivity index (χ3n) is 2.13. The van der Waals surface area contributed by atoms with Crippen molar-refractivity contribution in [1.82, 2.24) is 4.90 Å². The highest BCUT2D eigenvalue weighted by Gasteiger charge is 2.13. The topological polar surface area (TPSA) is 3.24 Å². The quantitative estimate of drug-likeness (QED) is 0.708. The molecule has 84 valence electrons. The van der Waals surface area contributed by atoms with Crippen LogP contribution in [0.25, 0.3) is 0 Å². The van der Waals surface area contributed by atoms with Gasteiger partial charge in [0.05, 0.1) is 0 Å². The van der Waals surface area contributed by atoms with E-state index in [0.717, 1.165) is 5.92 Å². The highest BCUT2D eigenvalue weighted by Crippen LogP contribution is 2.11. The number of rotatable bonds is 1. The number of nitrogens with zero attached hydrogens (tertiary/aromatic N) is 1. The van der Waals surface area contributed by atoms with Crippen molar-refractivity contribution >= 4 is 34.0 Å². The lowest BCUT2D eigenvalue weighted by atomic mass is 10.2. The van der Waals surface area contributed by atoms with Crippen molar-refractivity contribution in [2.45, 2.75) is 40.0 Å². The summed E-state index contributed by atoms with van der Waals surface area (Å²) in [4.78, 5) is 2.38. The molecule has 1 saturated heterocycles. The van der Waals surface area contributed by atoms with Gasteiger partial charge in [-0.1, -0.05) is 33.6 Å². The van der Waals surface area contributed by atoms with Gasteiger partial charge >= 0.3 is 0 Å². The zero-order chi connectivity index (χ0) is 8.69. The Hall–Kier alpha value is 0.920. The second-order valence-corrected chi connectivity index (χ2v) is 3.66. The molecule has 1 fully saturated rings. The Bertz CT molecular complexity index is 79.0. The first kappa shape index (κ1) is 19.5. The molecule has 1 unspecified atom stereocenters. The van der Waals surface area contributed by atoms with Crippen molar-refractivity contribution in [1.29, 1.82) is 0 Å². The zero-order valence-corrected chi connectivity index (χ0v) is 12.8. The smallest absolute Gasteiger partial charge is 0.000445 e. The largest absolute Gasteiger partial charge is 0.306 e. The molecule has 0 radical (unpaired) electrons. The molecule has 0 aromatic rings. The van der Waals surface area contributed by atoms with E-state index in [4.69, 9.17) is 0 Å². The molecule has 0 aromatic carbocycles. The van der Waals surface area contributed by atoms with Crippen LogP contribution in [0.5, 0.6) is 0 Å². The molecule has 0 spiro atoms. The van der Waals surface area contributed by atoms with Crippen LogP contribution in [0.1, 0.15) is 40.0 Å². The van der Waals surface area contributed by atoms with Crippen LogP contribution < -0.4 is 0 Å². The number of hydrogen-bond acceptors (Lipinski definition) is 1. The fourth-order valence-electron chi connectivity index (χ4n) is 1.16. The second-order valence-electron chi connectivity index (χ2n) is 3.66. The minimum atomic E-state index is 0. The average Bonchev–Trinajstić information content (AvgIpc) is 2.35. The van der Waals surface area contributed by atoms with Gasteiger partial charge in [-0.2, -0.15) is 0 Å². The predicted molar refractivity (Wildman–Crippen MR) is 72.5 cm³/mol. The van der Waals surface area contributed by atoms with Crippen LogP contribution in [-0.2, 0) is 0 Å². The monoisotopic (exact) mass is 317 g/mol. The molecule has 0 saturated carbocycles. The summed E-state index contributed by atoms with van der Waals surface area (Å²) in [6, 6.07) is 0. The Morgan fingerprint density at radius 1 is 1.15 bits per heavy atom. The van der Waals surface area contributed by atoms with Crippen molar-refractivity contribution in [3.63, 3.8) is 0 Å². The van der Waals surface area contributed by atoms with Crippen molar-refractivity contribution < 1.29 is 0 Å². The van der Waals surface area contributed by atoms with E-state index in [0.29, 0.717) is 0 Å². The molecule has 1 atom stereocenters. The van der Waals surface area contributed by atoms with Gasteiger partial charge in [0.2, 0.25) is 0 Å². The third-order valence-corrected chi connectivity index (χ3v) is 2.13. The fraction of sp³-hybridized carbons (Fsp3) is 1.00. The number of halogens is 2. The van der Waals surface area contributed by atoms with Crippen molar-refractivity contribution in [2.24, 2.45) is 5.92 Å². The van der Waals surface area contributed by atoms with Crippen LogP contribution in [0.3, 0.4) is 0 Å². The van der Waals surface area contributed by atoms with Crippen molar-refractivity contribution in [3.05, 3.63) is 0 Å². The maximum absolute atomic E-state index is 2.38. The van der Waals surface area contributed by atoms with Gasteiger partial charge in [0.15, 0.2) is 0 Å². The summed E-state index contributed by atoms with van der Waals surface area (Å²) in [5, 5.41) is 0. The van der Waals surface area contributed by atoms with E-state index in [1.807, 2.05) is 0 Å². The minimum absolute atomic E-state index is 0. The van der Waals surface area contributed by atoms with E-state index in [-0.39, 0.29) is 34.0 Å². The van der Waals surface area contributed by atoms with Crippen LogP contribution in [0.15, 0.2) is 0 Å². The molecule has 0 aromatic heterocycles. The highest BCUT2D eigenvalue weighted by atomic mass is 79.9. The van der Waals surface area contributed by atoms with Gasteiger partial charge in [-0.3, -0.25) is 0 Å². The number of likely N-dealkylation sites (tertiary alicyclic amines) is 1. The number of unbranched alkanes of at least 4 members (excludes halogenated alkanes) is 1. The van der Waals surface area contributed by atoms with E-state index in [1.165, 1.54) is 32.4 Å². The fourth-order valence-corrected chi connectivity index (χ4v) is 1.16. The Kier molecular flexibility index (Phi) is 19.4. The maximum Gasteiger partial charge on any atom is 0.000445 e. The molecule has 3 heteroatoms. The summed E-state index contributed by atoms with van der Waals surface area (Å²) in [7, 11) is 2.18. The van der Waals surface area contributed by atoms with Gasteiger partial charge in [0, 0.05) is 6.54 Å². The van der Waals surface area contributed by atoms with Crippen LogP contribution in [-0.4, -0.2) is 25.0 Å². The predicted octanol–water partition coefficient (Wildman–Crippen LogP) is 3.92. The Morgan fingerprint density at radius 2 is 1.62 bits per heavy atom. The minimum Gasteiger partial charge on any atom is -0.306 e. The van der Waals surface area contributed by atoms with E-state index in [9.17, 15) is 0 Å². The maximum atomic E-state index is 2.38. The molecule has 0 amide bonds. The second kappa shape index (κ2) is 12.9. The summed E-state index contributed by atoms with van der Waals surface area (Å²) in [6.07, 6.45) is 4.04. The van der Waals surface area contributed by atoms with Gasteiger partial charge in [0.1, 0.15) is 0 Å². The van der Waals surface area contributed by atoms with E-state index in [1.54, 1.807) is 0 Å². The van der Waals surface area contributed by atoms with Crippen LogP contribution in [0.2, 0.25) is 0 Å². The van der Waals surface area contributed by atoms with Crippen LogP contribution >= 0.6 is 34.0 Å². The molecule has 1 rings (SSSR count). The summed E-state index contributed by atoms with van der Waals surface area (Å²) < 4.78 is 0. The lowest BCUT2D eigenvalue weighted by Gasteiger charge is -2.03. The van der Waals surface area contributed by atoms with Gasteiger partial charge in [-0.05, 0) is 25.9 Å². The molecule has 0 aliphatic carbocycles. The van der Waals surface area contributed by atoms with Gasteiger partial charge < -0.3 is 4.90 Å². The first-order valence-electron chi connectivity index (χ1n) is 4.89.